The SMILES string of the molecule is CCCCNC(=O)O[C@@H]1CN(S(=O)(=O)c2cn(C)cn2)C[C@H]1c1ccc(F)cc1. The van der Waals surface area contributed by atoms with Crippen molar-refractivity contribution in [3.63, 3.8) is 0 Å². The predicted molar refractivity (Wildman–Crippen MR) is 104 cm³/mol. The Hall–Kier alpha value is -2.46. The van der Waals surface area contributed by atoms with E-state index in [-0.39, 0.29) is 23.9 Å². The lowest BCUT2D eigenvalue weighted by Gasteiger charge is -2.19. The van der Waals surface area contributed by atoms with Gasteiger partial charge in [-0.25, -0.2) is 22.6 Å². The number of benzene rings is 1. The van der Waals surface area contributed by atoms with Crippen LogP contribution in [0.15, 0.2) is 41.8 Å². The minimum absolute atomic E-state index is 0.00213. The van der Waals surface area contributed by atoms with Crippen molar-refractivity contribution in [2.75, 3.05) is 19.6 Å². The van der Waals surface area contributed by atoms with Crippen LogP contribution >= 0.6 is 0 Å². The number of halogens is 1. The average molecular weight is 424 g/mol. The highest BCUT2D eigenvalue weighted by Gasteiger charge is 2.43. The van der Waals surface area contributed by atoms with Crippen molar-refractivity contribution in [2.45, 2.75) is 36.8 Å². The van der Waals surface area contributed by atoms with Gasteiger partial charge in [-0.1, -0.05) is 25.5 Å². The Morgan fingerprint density at radius 1 is 1.31 bits per heavy atom. The molecule has 0 saturated carbocycles. The number of imidazole rings is 1. The lowest BCUT2D eigenvalue weighted by Crippen LogP contribution is -2.34. The number of carbonyl (C=O) groups excluding carboxylic acids is 1. The molecule has 2 heterocycles. The molecule has 29 heavy (non-hydrogen) atoms. The second-order valence-electron chi connectivity index (χ2n) is 7.08. The molecule has 0 bridgehead atoms. The Kier molecular flexibility index (Phi) is 6.53. The van der Waals surface area contributed by atoms with Gasteiger partial charge in [-0.05, 0) is 24.1 Å². The highest BCUT2D eigenvalue weighted by molar-refractivity contribution is 7.89. The van der Waals surface area contributed by atoms with Crippen molar-refractivity contribution >= 4 is 16.1 Å². The van der Waals surface area contributed by atoms with E-state index in [1.807, 2.05) is 6.92 Å². The van der Waals surface area contributed by atoms with E-state index in [1.54, 1.807) is 23.7 Å². The summed E-state index contributed by atoms with van der Waals surface area (Å²) >= 11 is 0. The maximum Gasteiger partial charge on any atom is 0.407 e. The monoisotopic (exact) mass is 424 g/mol. The number of rotatable bonds is 7. The van der Waals surface area contributed by atoms with Crippen molar-refractivity contribution in [2.24, 2.45) is 7.05 Å². The first kappa shape index (κ1) is 21.3. The molecule has 8 nitrogen and oxygen atoms in total. The van der Waals surface area contributed by atoms with E-state index in [2.05, 4.69) is 10.3 Å². The Bertz CT molecular complexity index is 945. The van der Waals surface area contributed by atoms with Gasteiger partial charge in [0.15, 0.2) is 5.03 Å². The molecule has 0 spiro atoms. The van der Waals surface area contributed by atoms with Crippen LogP contribution in [0.5, 0.6) is 0 Å². The lowest BCUT2D eigenvalue weighted by molar-refractivity contribution is 0.0966. The van der Waals surface area contributed by atoms with Gasteiger partial charge in [0, 0.05) is 32.3 Å². The van der Waals surface area contributed by atoms with Crippen LogP contribution in [0.1, 0.15) is 31.2 Å². The van der Waals surface area contributed by atoms with E-state index in [1.165, 1.54) is 29.0 Å². The van der Waals surface area contributed by atoms with Gasteiger partial charge in [-0.15, -0.1) is 0 Å². The zero-order valence-electron chi connectivity index (χ0n) is 16.4. The number of nitrogens with zero attached hydrogens (tertiary/aromatic N) is 3. The quantitative estimate of drug-likeness (QED) is 0.688. The van der Waals surface area contributed by atoms with Gasteiger partial charge in [-0.3, -0.25) is 0 Å². The topological polar surface area (TPSA) is 93.5 Å². The molecule has 1 fully saturated rings. The number of hydrogen-bond acceptors (Lipinski definition) is 5. The van der Waals surface area contributed by atoms with Crippen molar-refractivity contribution in [3.8, 4) is 0 Å². The van der Waals surface area contributed by atoms with Crippen molar-refractivity contribution in [1.29, 1.82) is 0 Å². The number of alkyl carbamates (subject to hydrolysis) is 1. The van der Waals surface area contributed by atoms with E-state index in [0.29, 0.717) is 12.1 Å². The smallest absolute Gasteiger partial charge is 0.407 e. The van der Waals surface area contributed by atoms with E-state index in [0.717, 1.165) is 12.8 Å². The molecule has 10 heteroatoms. The molecule has 0 radical (unpaired) electrons. The van der Waals surface area contributed by atoms with Crippen molar-refractivity contribution in [1.82, 2.24) is 19.2 Å². The molecule has 0 unspecified atom stereocenters. The third-order valence-electron chi connectivity index (χ3n) is 4.87. The van der Waals surface area contributed by atoms with E-state index in [9.17, 15) is 17.6 Å². The number of unbranched alkanes of at least 4 members (excludes halogenated alkanes) is 1. The molecule has 3 rings (SSSR count). The molecule has 0 aliphatic carbocycles. The maximum atomic E-state index is 13.3. The standard InChI is InChI=1S/C19H25FN4O4S/c1-3-4-9-21-19(25)28-17-11-24(29(26,27)18-12-23(2)13-22-18)10-16(17)14-5-7-15(20)8-6-14/h5-8,12-13,16-17H,3-4,9-11H2,1-2H3,(H,21,25)/t16-,17+/m0/s1. The van der Waals surface area contributed by atoms with Gasteiger partial charge in [0.05, 0.1) is 12.9 Å². The summed E-state index contributed by atoms with van der Waals surface area (Å²) in [7, 11) is -2.16. The highest BCUT2D eigenvalue weighted by Crippen LogP contribution is 2.33. The summed E-state index contributed by atoms with van der Waals surface area (Å²) in [5.41, 5.74) is 0.705. The Balaban J connectivity index is 1.81. The van der Waals surface area contributed by atoms with E-state index >= 15 is 0 Å². The molecule has 2 atom stereocenters. The van der Waals surface area contributed by atoms with Crippen molar-refractivity contribution < 1.29 is 22.3 Å². The van der Waals surface area contributed by atoms with Gasteiger partial charge in [0.25, 0.3) is 10.0 Å². The predicted octanol–water partition coefficient (Wildman–Crippen LogP) is 2.24. The fourth-order valence-electron chi connectivity index (χ4n) is 3.29. The molecular formula is C19H25FN4O4S. The van der Waals surface area contributed by atoms with Gasteiger partial charge in [-0.2, -0.15) is 4.31 Å². The summed E-state index contributed by atoms with van der Waals surface area (Å²) in [5.74, 6) is -0.800. The molecule has 1 N–H and O–H groups in total. The first-order chi connectivity index (χ1) is 13.8. The maximum absolute atomic E-state index is 13.3. The van der Waals surface area contributed by atoms with Gasteiger partial charge in [0.2, 0.25) is 0 Å². The van der Waals surface area contributed by atoms with Crippen molar-refractivity contribution in [3.05, 3.63) is 48.2 Å². The van der Waals surface area contributed by atoms with Gasteiger partial charge in [0.1, 0.15) is 11.9 Å². The summed E-state index contributed by atoms with van der Waals surface area (Å²) in [4.78, 5) is 16.1. The normalized spacial score (nSPS) is 20.0. The zero-order valence-corrected chi connectivity index (χ0v) is 17.2. The van der Waals surface area contributed by atoms with Crippen LogP contribution in [-0.2, 0) is 21.8 Å². The van der Waals surface area contributed by atoms with Gasteiger partial charge < -0.3 is 14.6 Å². The molecule has 1 aromatic carbocycles. The third-order valence-corrected chi connectivity index (χ3v) is 6.59. The number of amides is 1. The molecular weight excluding hydrogens is 399 g/mol. The van der Waals surface area contributed by atoms with Gasteiger partial charge >= 0.3 is 6.09 Å². The van der Waals surface area contributed by atoms with Crippen LogP contribution in [-0.4, -0.2) is 54.1 Å². The molecule has 2 aromatic rings. The van der Waals surface area contributed by atoms with E-state index in [4.69, 9.17) is 4.74 Å². The Labute approximate surface area is 169 Å². The number of carbonyl (C=O) groups is 1. The Morgan fingerprint density at radius 3 is 2.66 bits per heavy atom. The van der Waals surface area contributed by atoms with Crippen LogP contribution < -0.4 is 5.32 Å². The number of nitrogens with one attached hydrogen (secondary N) is 1. The highest BCUT2D eigenvalue weighted by atomic mass is 32.2. The first-order valence-electron chi connectivity index (χ1n) is 9.49. The van der Waals surface area contributed by atoms with E-state index < -0.39 is 28.1 Å². The molecule has 1 aliphatic rings. The summed E-state index contributed by atoms with van der Waals surface area (Å²) in [6, 6.07) is 5.79. The van der Waals surface area contributed by atoms with Crippen LogP contribution in [0.25, 0.3) is 0 Å². The van der Waals surface area contributed by atoms with Crippen LogP contribution in [0.3, 0.4) is 0 Å². The zero-order chi connectivity index (χ0) is 21.0. The number of hydrogen-bond donors (Lipinski definition) is 1. The van der Waals surface area contributed by atoms with Crippen LogP contribution in [0.4, 0.5) is 9.18 Å². The van der Waals surface area contributed by atoms with Crippen LogP contribution in [0.2, 0.25) is 0 Å². The average Bonchev–Trinajstić information content (AvgIpc) is 3.30. The first-order valence-corrected chi connectivity index (χ1v) is 10.9. The second kappa shape index (κ2) is 8.91. The summed E-state index contributed by atoms with van der Waals surface area (Å²) in [6.07, 6.45) is 3.30. The molecule has 1 amide bonds. The number of aromatic nitrogens is 2. The molecule has 158 valence electrons. The summed E-state index contributed by atoms with van der Waals surface area (Å²) in [6.45, 7) is 2.60. The Morgan fingerprint density at radius 2 is 2.03 bits per heavy atom. The summed E-state index contributed by atoms with van der Waals surface area (Å²) in [5, 5.41) is 2.61. The number of aryl methyl sites for hydroxylation is 1. The fourth-order valence-corrected chi connectivity index (χ4v) is 4.73. The number of ether oxygens (including phenoxy) is 1. The minimum Gasteiger partial charge on any atom is -0.444 e. The van der Waals surface area contributed by atoms with Crippen LogP contribution in [0, 0.1) is 5.82 Å². The third kappa shape index (κ3) is 4.94. The largest absolute Gasteiger partial charge is 0.444 e. The minimum atomic E-state index is -3.84. The molecule has 1 saturated heterocycles. The second-order valence-corrected chi connectivity index (χ2v) is 8.97. The number of sulfonamides is 1. The summed E-state index contributed by atoms with van der Waals surface area (Å²) < 4.78 is 47.6. The molecule has 1 aliphatic heterocycles. The molecule has 1 aromatic heterocycles. The lowest BCUT2D eigenvalue weighted by atomic mass is 9.96. The fraction of sp³-hybridized carbons (Fsp3) is 0.474.